The van der Waals surface area contributed by atoms with Gasteiger partial charge in [0.15, 0.2) is 5.70 Å². The molecule has 30 heavy (non-hydrogen) atoms. The Morgan fingerprint density at radius 2 is 1.83 bits per heavy atom. The Labute approximate surface area is 190 Å². The summed E-state index contributed by atoms with van der Waals surface area (Å²) in [7, 11) is 0. The van der Waals surface area contributed by atoms with Crippen molar-refractivity contribution in [3.63, 3.8) is 0 Å². The van der Waals surface area contributed by atoms with E-state index >= 15 is 0 Å². The lowest BCUT2D eigenvalue weighted by atomic mass is 10.2. The SMILES string of the molecule is C=C(C)COc1c(Br)cc(/C=C2\N=C(c3ccc(NC(C)=O)cc3)OC2=O)cc1Br. The molecule has 1 aliphatic heterocycles. The molecule has 1 aliphatic rings. The molecule has 0 spiro atoms. The van der Waals surface area contributed by atoms with Crippen molar-refractivity contribution in [3.8, 4) is 5.75 Å². The predicted octanol–water partition coefficient (Wildman–Crippen LogP) is 5.47. The van der Waals surface area contributed by atoms with Crippen LogP contribution in [0.2, 0.25) is 0 Å². The molecule has 0 unspecified atom stereocenters. The molecule has 1 amide bonds. The maximum Gasteiger partial charge on any atom is 0.363 e. The van der Waals surface area contributed by atoms with Crippen LogP contribution in [-0.2, 0) is 14.3 Å². The first kappa shape index (κ1) is 22.0. The molecule has 0 radical (unpaired) electrons. The van der Waals surface area contributed by atoms with Crippen LogP contribution in [0.15, 0.2) is 68.2 Å². The summed E-state index contributed by atoms with van der Waals surface area (Å²) in [6.07, 6.45) is 1.64. The van der Waals surface area contributed by atoms with Crippen molar-refractivity contribution in [2.45, 2.75) is 13.8 Å². The lowest BCUT2D eigenvalue weighted by molar-refractivity contribution is -0.129. The van der Waals surface area contributed by atoms with Gasteiger partial charge in [0.2, 0.25) is 11.8 Å². The number of halogens is 2. The van der Waals surface area contributed by atoms with Gasteiger partial charge in [0, 0.05) is 18.2 Å². The fraction of sp³-hybridized carbons (Fsp3) is 0.136. The number of amides is 1. The molecular formula is C22H18Br2N2O4. The average molecular weight is 534 g/mol. The van der Waals surface area contributed by atoms with Crippen molar-refractivity contribution >= 4 is 61.4 Å². The van der Waals surface area contributed by atoms with Crippen molar-refractivity contribution in [1.29, 1.82) is 0 Å². The van der Waals surface area contributed by atoms with Crippen LogP contribution < -0.4 is 10.1 Å². The first-order valence-corrected chi connectivity index (χ1v) is 10.5. The summed E-state index contributed by atoms with van der Waals surface area (Å²) in [5.74, 6) is 0.162. The van der Waals surface area contributed by atoms with E-state index in [4.69, 9.17) is 9.47 Å². The zero-order valence-electron chi connectivity index (χ0n) is 16.3. The van der Waals surface area contributed by atoms with Crippen LogP contribution in [0.25, 0.3) is 6.08 Å². The topological polar surface area (TPSA) is 77.0 Å². The highest BCUT2D eigenvalue weighted by atomic mass is 79.9. The highest BCUT2D eigenvalue weighted by Crippen LogP contribution is 2.36. The maximum atomic E-state index is 12.3. The number of nitrogens with one attached hydrogen (secondary N) is 1. The first-order chi connectivity index (χ1) is 14.2. The Kier molecular flexibility index (Phi) is 6.89. The average Bonchev–Trinajstić information content (AvgIpc) is 3.01. The molecule has 0 atom stereocenters. The van der Waals surface area contributed by atoms with Gasteiger partial charge in [-0.25, -0.2) is 9.79 Å². The largest absolute Gasteiger partial charge is 0.487 e. The number of anilines is 1. The fourth-order valence-electron chi connectivity index (χ4n) is 2.59. The van der Waals surface area contributed by atoms with Crippen molar-refractivity contribution in [2.75, 3.05) is 11.9 Å². The molecule has 8 heteroatoms. The lowest BCUT2D eigenvalue weighted by Gasteiger charge is -2.11. The Hall–Kier alpha value is -2.71. The highest BCUT2D eigenvalue weighted by Gasteiger charge is 2.24. The van der Waals surface area contributed by atoms with Gasteiger partial charge in [0.1, 0.15) is 12.4 Å². The number of nitrogens with zero attached hydrogens (tertiary/aromatic N) is 1. The van der Waals surface area contributed by atoms with Crippen molar-refractivity contribution in [2.24, 2.45) is 4.99 Å². The second-order valence-corrected chi connectivity index (χ2v) is 8.36. The summed E-state index contributed by atoms with van der Waals surface area (Å²) in [4.78, 5) is 27.7. The van der Waals surface area contributed by atoms with E-state index in [1.807, 2.05) is 19.1 Å². The van der Waals surface area contributed by atoms with Gasteiger partial charge in [-0.2, -0.15) is 0 Å². The molecule has 154 valence electrons. The smallest absolute Gasteiger partial charge is 0.363 e. The molecule has 0 saturated carbocycles. The van der Waals surface area contributed by atoms with Gasteiger partial charge in [-0.1, -0.05) is 6.58 Å². The standard InChI is InChI=1S/C22H18Br2N2O4/c1-12(2)11-29-20-17(23)8-14(9-18(20)24)10-19-22(28)30-21(26-19)15-4-6-16(7-5-15)25-13(3)27/h4-10H,1,11H2,2-3H3,(H,25,27)/b19-10-. The van der Waals surface area contributed by atoms with Gasteiger partial charge in [-0.05, 0) is 92.4 Å². The zero-order chi connectivity index (χ0) is 21.8. The van der Waals surface area contributed by atoms with Crippen molar-refractivity contribution in [1.82, 2.24) is 0 Å². The third-order valence-electron chi connectivity index (χ3n) is 3.86. The summed E-state index contributed by atoms with van der Waals surface area (Å²) in [5, 5.41) is 2.68. The predicted molar refractivity (Wildman–Crippen MR) is 124 cm³/mol. The third kappa shape index (κ3) is 5.46. The minimum absolute atomic E-state index is 0.161. The van der Waals surface area contributed by atoms with Gasteiger partial charge in [0.25, 0.3) is 0 Å². The van der Waals surface area contributed by atoms with Gasteiger partial charge in [-0.3, -0.25) is 4.79 Å². The van der Waals surface area contributed by atoms with Crippen molar-refractivity contribution < 1.29 is 19.1 Å². The number of aliphatic imine (C=N–C) groups is 1. The van der Waals surface area contributed by atoms with Crippen LogP contribution in [0.5, 0.6) is 5.75 Å². The third-order valence-corrected chi connectivity index (χ3v) is 5.04. The summed E-state index contributed by atoms with van der Waals surface area (Å²) < 4.78 is 12.5. The van der Waals surface area contributed by atoms with Crippen molar-refractivity contribution in [3.05, 3.63) is 74.3 Å². The number of carbonyl (C=O) groups is 2. The Morgan fingerprint density at radius 1 is 1.20 bits per heavy atom. The van der Waals surface area contributed by atoms with Gasteiger partial charge in [0.05, 0.1) is 8.95 Å². The van der Waals surface area contributed by atoms with Crippen LogP contribution in [0, 0.1) is 0 Å². The highest BCUT2D eigenvalue weighted by molar-refractivity contribution is 9.11. The minimum Gasteiger partial charge on any atom is -0.487 e. The van der Waals surface area contributed by atoms with E-state index in [0.717, 1.165) is 20.1 Å². The van der Waals surface area contributed by atoms with E-state index in [-0.39, 0.29) is 17.5 Å². The Balaban J connectivity index is 1.83. The maximum absolute atomic E-state index is 12.3. The van der Waals surface area contributed by atoms with Gasteiger partial charge >= 0.3 is 5.97 Å². The number of rotatable bonds is 6. The molecule has 6 nitrogen and oxygen atoms in total. The second-order valence-electron chi connectivity index (χ2n) is 6.65. The number of hydrogen-bond acceptors (Lipinski definition) is 5. The van der Waals surface area contributed by atoms with E-state index in [0.29, 0.717) is 23.6 Å². The number of cyclic esters (lactones) is 1. The molecule has 0 saturated heterocycles. The zero-order valence-corrected chi connectivity index (χ0v) is 19.5. The molecule has 0 aromatic heterocycles. The second kappa shape index (κ2) is 9.40. The molecule has 2 aromatic rings. The molecule has 0 bridgehead atoms. The van der Waals surface area contributed by atoms with Gasteiger partial charge < -0.3 is 14.8 Å². The Bertz CT molecular complexity index is 1070. The lowest BCUT2D eigenvalue weighted by Crippen LogP contribution is -2.07. The molecular weight excluding hydrogens is 516 g/mol. The normalized spacial score (nSPS) is 14.3. The Morgan fingerprint density at radius 3 is 2.40 bits per heavy atom. The number of benzene rings is 2. The first-order valence-electron chi connectivity index (χ1n) is 8.89. The van der Waals surface area contributed by atoms with E-state index < -0.39 is 5.97 Å². The molecule has 0 aliphatic carbocycles. The summed E-state index contributed by atoms with van der Waals surface area (Å²) in [6.45, 7) is 7.54. The van der Waals surface area contributed by atoms with Crippen LogP contribution in [0.4, 0.5) is 5.69 Å². The van der Waals surface area contributed by atoms with Crippen LogP contribution in [0.3, 0.4) is 0 Å². The number of hydrogen-bond donors (Lipinski definition) is 1. The monoisotopic (exact) mass is 532 g/mol. The summed E-state index contributed by atoms with van der Waals surface area (Å²) >= 11 is 6.98. The molecule has 1 heterocycles. The van der Waals surface area contributed by atoms with E-state index in [2.05, 4.69) is 48.7 Å². The van der Waals surface area contributed by atoms with E-state index in [9.17, 15) is 9.59 Å². The quantitative estimate of drug-likeness (QED) is 0.303. The molecule has 1 N–H and O–H groups in total. The molecule has 0 fully saturated rings. The number of ether oxygens (including phenoxy) is 2. The van der Waals surface area contributed by atoms with Crippen LogP contribution in [-0.4, -0.2) is 24.4 Å². The number of carbonyl (C=O) groups excluding carboxylic acids is 2. The van der Waals surface area contributed by atoms with Gasteiger partial charge in [-0.15, -0.1) is 0 Å². The summed E-state index contributed by atoms with van der Waals surface area (Å²) in [5.41, 5.74) is 3.11. The minimum atomic E-state index is -0.536. The van der Waals surface area contributed by atoms with Crippen LogP contribution >= 0.6 is 31.9 Å². The summed E-state index contributed by atoms with van der Waals surface area (Å²) in [6, 6.07) is 10.5. The fourth-order valence-corrected chi connectivity index (χ4v) is 4.04. The van der Waals surface area contributed by atoms with E-state index in [1.165, 1.54) is 6.92 Å². The number of esters is 1. The van der Waals surface area contributed by atoms with Crippen LogP contribution in [0.1, 0.15) is 25.0 Å². The molecule has 2 aromatic carbocycles. The molecule has 3 rings (SSSR count). The van der Waals surface area contributed by atoms with E-state index in [1.54, 1.807) is 30.3 Å².